The van der Waals surface area contributed by atoms with Gasteiger partial charge in [0, 0.05) is 15.2 Å². The zero-order chi connectivity index (χ0) is 28.7. The van der Waals surface area contributed by atoms with E-state index >= 15 is 0 Å². The fraction of sp³-hybridized carbons (Fsp3) is 0.152. The first kappa shape index (κ1) is 27.1. The van der Waals surface area contributed by atoms with Crippen LogP contribution in [0.1, 0.15) is 45.8 Å². The van der Waals surface area contributed by atoms with E-state index in [2.05, 4.69) is 15.9 Å². The zero-order valence-corrected chi connectivity index (χ0v) is 24.7. The zero-order valence-electron chi connectivity index (χ0n) is 22.3. The van der Waals surface area contributed by atoms with Crippen LogP contribution < -0.4 is 19.8 Å². The molecule has 206 valence electrons. The molecule has 4 aromatic carbocycles. The van der Waals surface area contributed by atoms with Crippen LogP contribution in [-0.4, -0.2) is 12.5 Å². The number of carbonyl (C=O) groups is 1. The Morgan fingerprint density at radius 3 is 2.49 bits per heavy atom. The summed E-state index contributed by atoms with van der Waals surface area (Å²) in [6, 6.07) is 25.1. The maximum absolute atomic E-state index is 14.0. The molecule has 1 unspecified atom stereocenters. The minimum Gasteiger partial charge on any atom is -0.490 e. The summed E-state index contributed by atoms with van der Waals surface area (Å²) < 4.78 is 18.9. The van der Waals surface area contributed by atoms with Gasteiger partial charge >= 0.3 is 0 Å². The Labute approximate surface area is 250 Å². The van der Waals surface area contributed by atoms with Crippen molar-refractivity contribution in [3.8, 4) is 11.5 Å². The highest BCUT2D eigenvalue weighted by molar-refractivity contribution is 9.10. The molecule has 8 heteroatoms. The second-order valence-corrected chi connectivity index (χ2v) is 11.1. The summed E-state index contributed by atoms with van der Waals surface area (Å²) in [6.07, 6.45) is 0. The van der Waals surface area contributed by atoms with Gasteiger partial charge in [-0.15, -0.1) is 0 Å². The van der Waals surface area contributed by atoms with Gasteiger partial charge in [-0.1, -0.05) is 70.0 Å². The third-order valence-corrected chi connectivity index (χ3v) is 7.99. The first-order valence-corrected chi connectivity index (χ1v) is 14.3. The standard InChI is InChI=1S/C33H25BrClNO5/c1-3-39-28-15-21(10-13-27(28)40-18-20-7-5-4-6-8-20)30-29-31(37)24-16-22(34)11-14-26(24)41-32(29)33(38)36(30)23-12-9-19(2)25(35)17-23/h4-17,30H,3,18H2,1-2H3. The monoisotopic (exact) mass is 629 g/mol. The topological polar surface area (TPSA) is 69.0 Å². The molecule has 1 aliphatic rings. The molecule has 0 fully saturated rings. The van der Waals surface area contributed by atoms with Crippen LogP contribution >= 0.6 is 27.5 Å². The van der Waals surface area contributed by atoms with E-state index < -0.39 is 11.9 Å². The quantitative estimate of drug-likeness (QED) is 0.181. The van der Waals surface area contributed by atoms with Crippen LogP contribution in [0.25, 0.3) is 11.0 Å². The summed E-state index contributed by atoms with van der Waals surface area (Å²) in [5, 5.41) is 0.894. The van der Waals surface area contributed by atoms with E-state index in [0.717, 1.165) is 15.6 Å². The summed E-state index contributed by atoms with van der Waals surface area (Å²) in [7, 11) is 0. The maximum atomic E-state index is 14.0. The number of anilines is 1. The molecule has 41 heavy (non-hydrogen) atoms. The van der Waals surface area contributed by atoms with Gasteiger partial charge in [-0.3, -0.25) is 14.5 Å². The Kier molecular flexibility index (Phi) is 7.32. The number of amides is 1. The maximum Gasteiger partial charge on any atom is 0.295 e. The number of ether oxygens (including phenoxy) is 2. The van der Waals surface area contributed by atoms with E-state index in [1.54, 1.807) is 29.2 Å². The van der Waals surface area contributed by atoms with Gasteiger partial charge < -0.3 is 13.9 Å². The second kappa shape index (κ2) is 11.1. The van der Waals surface area contributed by atoms with Crippen LogP contribution in [-0.2, 0) is 6.61 Å². The predicted molar refractivity (Wildman–Crippen MR) is 163 cm³/mol. The normalized spacial score (nSPS) is 14.4. The van der Waals surface area contributed by atoms with Crippen LogP contribution in [0.3, 0.4) is 0 Å². The van der Waals surface area contributed by atoms with Crippen LogP contribution in [0.2, 0.25) is 5.02 Å². The fourth-order valence-electron chi connectivity index (χ4n) is 5.08. The number of aryl methyl sites for hydroxylation is 1. The van der Waals surface area contributed by atoms with Crippen molar-refractivity contribution in [2.45, 2.75) is 26.5 Å². The van der Waals surface area contributed by atoms with Crippen molar-refractivity contribution in [3.05, 3.63) is 133 Å². The van der Waals surface area contributed by atoms with Gasteiger partial charge in [0.1, 0.15) is 12.2 Å². The van der Waals surface area contributed by atoms with Gasteiger partial charge in [0.05, 0.1) is 23.6 Å². The largest absolute Gasteiger partial charge is 0.490 e. The molecular weight excluding hydrogens is 606 g/mol. The lowest BCUT2D eigenvalue weighted by Crippen LogP contribution is -2.29. The Bertz CT molecular complexity index is 1850. The molecule has 6 nitrogen and oxygen atoms in total. The number of nitrogens with zero attached hydrogens (tertiary/aromatic N) is 1. The Morgan fingerprint density at radius 2 is 1.73 bits per heavy atom. The molecule has 0 aliphatic carbocycles. The van der Waals surface area contributed by atoms with Crippen molar-refractivity contribution >= 4 is 50.1 Å². The SMILES string of the molecule is CCOc1cc(C2c3c(oc4ccc(Br)cc4c3=O)C(=O)N2c2ccc(C)c(Cl)c2)ccc1OCc1ccccc1. The van der Waals surface area contributed by atoms with Crippen LogP contribution in [0.4, 0.5) is 5.69 Å². The average molecular weight is 631 g/mol. The molecule has 1 amide bonds. The van der Waals surface area contributed by atoms with E-state index in [1.165, 1.54) is 0 Å². The van der Waals surface area contributed by atoms with E-state index in [9.17, 15) is 9.59 Å². The molecule has 6 rings (SSSR count). The third kappa shape index (κ3) is 5.00. The number of halogens is 2. The molecular formula is C33H25BrClNO5. The lowest BCUT2D eigenvalue weighted by molar-refractivity contribution is 0.0971. The van der Waals surface area contributed by atoms with Crippen LogP contribution in [0, 0.1) is 6.92 Å². The van der Waals surface area contributed by atoms with Crippen molar-refractivity contribution < 1.29 is 18.7 Å². The van der Waals surface area contributed by atoms with Crippen LogP contribution in [0.5, 0.6) is 11.5 Å². The molecule has 0 bridgehead atoms. The molecule has 1 aromatic heterocycles. The van der Waals surface area contributed by atoms with Gasteiger partial charge in [-0.05, 0) is 73.0 Å². The number of hydrogen-bond donors (Lipinski definition) is 0. The Hall–Kier alpha value is -4.07. The molecule has 2 heterocycles. The van der Waals surface area contributed by atoms with E-state index in [0.29, 0.717) is 52.0 Å². The molecule has 5 aromatic rings. The van der Waals surface area contributed by atoms with Crippen molar-refractivity contribution in [1.82, 2.24) is 0 Å². The van der Waals surface area contributed by atoms with Crippen molar-refractivity contribution in [2.24, 2.45) is 0 Å². The molecule has 0 spiro atoms. The van der Waals surface area contributed by atoms with Crippen molar-refractivity contribution in [3.63, 3.8) is 0 Å². The Balaban J connectivity index is 1.51. The van der Waals surface area contributed by atoms with Crippen LogP contribution in [0.15, 0.2) is 98.6 Å². The summed E-state index contributed by atoms with van der Waals surface area (Å²) in [4.78, 5) is 29.5. The molecule has 0 saturated heterocycles. The molecule has 0 N–H and O–H groups in total. The lowest BCUT2D eigenvalue weighted by atomic mass is 9.97. The van der Waals surface area contributed by atoms with E-state index in [1.807, 2.05) is 74.5 Å². The van der Waals surface area contributed by atoms with Crippen molar-refractivity contribution in [1.29, 1.82) is 0 Å². The first-order chi connectivity index (χ1) is 19.9. The second-order valence-electron chi connectivity index (χ2n) is 9.74. The smallest absolute Gasteiger partial charge is 0.295 e. The lowest BCUT2D eigenvalue weighted by Gasteiger charge is -2.26. The molecule has 0 saturated carbocycles. The van der Waals surface area contributed by atoms with Crippen molar-refractivity contribution in [2.75, 3.05) is 11.5 Å². The average Bonchev–Trinajstić information content (AvgIpc) is 3.27. The fourth-order valence-corrected chi connectivity index (χ4v) is 5.61. The van der Waals surface area contributed by atoms with E-state index in [-0.39, 0.29) is 16.8 Å². The number of fused-ring (bicyclic) bond motifs is 2. The number of hydrogen-bond acceptors (Lipinski definition) is 5. The highest BCUT2D eigenvalue weighted by atomic mass is 79.9. The van der Waals surface area contributed by atoms with E-state index in [4.69, 9.17) is 25.5 Å². The Morgan fingerprint density at radius 1 is 0.927 bits per heavy atom. The number of rotatable bonds is 7. The minimum atomic E-state index is -0.779. The third-order valence-electron chi connectivity index (χ3n) is 7.09. The van der Waals surface area contributed by atoms with Gasteiger partial charge in [0.2, 0.25) is 5.76 Å². The highest BCUT2D eigenvalue weighted by Crippen LogP contribution is 2.44. The summed E-state index contributed by atoms with van der Waals surface area (Å²) >= 11 is 9.93. The highest BCUT2D eigenvalue weighted by Gasteiger charge is 2.44. The van der Waals surface area contributed by atoms with Gasteiger partial charge in [-0.25, -0.2) is 0 Å². The first-order valence-electron chi connectivity index (χ1n) is 13.1. The molecule has 1 atom stereocenters. The predicted octanol–water partition coefficient (Wildman–Crippen LogP) is 8.24. The van der Waals surface area contributed by atoms with Gasteiger partial charge in [0.15, 0.2) is 16.9 Å². The molecule has 0 radical (unpaired) electrons. The number of carbonyl (C=O) groups excluding carboxylic acids is 1. The summed E-state index contributed by atoms with van der Waals surface area (Å²) in [6.45, 7) is 4.55. The minimum absolute atomic E-state index is 0.00823. The summed E-state index contributed by atoms with van der Waals surface area (Å²) in [5.74, 6) is 0.656. The molecule has 1 aliphatic heterocycles. The van der Waals surface area contributed by atoms with Gasteiger partial charge in [0.25, 0.3) is 5.91 Å². The number of benzene rings is 4. The summed E-state index contributed by atoms with van der Waals surface area (Å²) in [5.41, 5.74) is 3.45. The van der Waals surface area contributed by atoms with Gasteiger partial charge in [-0.2, -0.15) is 0 Å².